The molecule has 0 bridgehead atoms. The van der Waals surface area contributed by atoms with Crippen molar-refractivity contribution in [3.63, 3.8) is 0 Å². The lowest BCUT2D eigenvalue weighted by Crippen LogP contribution is -2.52. The zero-order valence-corrected chi connectivity index (χ0v) is 15.8. The molecule has 0 saturated carbocycles. The molecule has 2 atom stereocenters. The highest BCUT2D eigenvalue weighted by Gasteiger charge is 2.49. The molecule has 1 aromatic rings. The first kappa shape index (κ1) is 19.7. The van der Waals surface area contributed by atoms with Crippen LogP contribution in [0, 0.1) is 17.2 Å². The van der Waals surface area contributed by atoms with Gasteiger partial charge in [-0.25, -0.2) is 4.79 Å². The number of rotatable bonds is 5. The van der Waals surface area contributed by atoms with Crippen molar-refractivity contribution in [1.29, 1.82) is 5.26 Å². The molecule has 1 aliphatic heterocycles. The Morgan fingerprint density at radius 1 is 1.38 bits per heavy atom. The van der Waals surface area contributed by atoms with Crippen LogP contribution in [0.4, 0.5) is 4.79 Å². The van der Waals surface area contributed by atoms with Gasteiger partial charge >= 0.3 is 6.03 Å². The molecular formula is C18H21ClN4O3. The lowest BCUT2D eigenvalue weighted by Gasteiger charge is -2.28. The molecule has 26 heavy (non-hydrogen) atoms. The van der Waals surface area contributed by atoms with Crippen LogP contribution in [0.2, 0.25) is 5.02 Å². The van der Waals surface area contributed by atoms with Crippen molar-refractivity contribution in [3.05, 3.63) is 34.9 Å². The number of imide groups is 1. The first-order valence-electron chi connectivity index (χ1n) is 8.16. The van der Waals surface area contributed by atoms with Crippen LogP contribution < -0.4 is 10.6 Å². The van der Waals surface area contributed by atoms with E-state index < -0.39 is 35.5 Å². The number of nitrogens with one attached hydrogen (secondary N) is 2. The average molecular weight is 377 g/mol. The van der Waals surface area contributed by atoms with Gasteiger partial charge in [0.1, 0.15) is 17.6 Å². The Bertz CT molecular complexity index is 787. The number of nitrogens with zero attached hydrogens (tertiary/aromatic N) is 2. The fourth-order valence-electron chi connectivity index (χ4n) is 2.59. The van der Waals surface area contributed by atoms with E-state index in [0.29, 0.717) is 10.6 Å². The van der Waals surface area contributed by atoms with Gasteiger partial charge in [-0.1, -0.05) is 37.6 Å². The smallest absolute Gasteiger partial charge is 0.325 e. The van der Waals surface area contributed by atoms with Crippen LogP contribution in [0.5, 0.6) is 0 Å². The number of benzene rings is 1. The minimum absolute atomic E-state index is 0.140. The molecule has 2 rings (SSSR count). The van der Waals surface area contributed by atoms with E-state index in [-0.39, 0.29) is 5.92 Å². The summed E-state index contributed by atoms with van der Waals surface area (Å²) in [4.78, 5) is 38.2. The van der Waals surface area contributed by atoms with Gasteiger partial charge in [-0.3, -0.25) is 14.5 Å². The van der Waals surface area contributed by atoms with Crippen LogP contribution in [0.3, 0.4) is 0 Å². The topological polar surface area (TPSA) is 102 Å². The first-order chi connectivity index (χ1) is 12.0. The van der Waals surface area contributed by atoms with Crippen LogP contribution in [-0.2, 0) is 15.1 Å². The van der Waals surface area contributed by atoms with Gasteiger partial charge in [-0.2, -0.15) is 5.26 Å². The van der Waals surface area contributed by atoms with Crippen molar-refractivity contribution >= 4 is 29.4 Å². The Morgan fingerprint density at radius 3 is 2.46 bits per heavy atom. The highest BCUT2D eigenvalue weighted by Crippen LogP contribution is 2.29. The Morgan fingerprint density at radius 2 is 1.96 bits per heavy atom. The third kappa shape index (κ3) is 3.51. The third-order valence-corrected chi connectivity index (χ3v) is 5.04. The molecule has 0 spiro atoms. The summed E-state index contributed by atoms with van der Waals surface area (Å²) in [6, 6.07) is 7.94. The predicted molar refractivity (Wildman–Crippen MR) is 96.0 cm³/mol. The largest absolute Gasteiger partial charge is 0.336 e. The molecule has 1 aromatic carbocycles. The summed E-state index contributed by atoms with van der Waals surface area (Å²) in [5.74, 6) is -1.26. The van der Waals surface area contributed by atoms with Gasteiger partial charge in [0.2, 0.25) is 5.91 Å². The molecule has 138 valence electrons. The monoisotopic (exact) mass is 376 g/mol. The molecule has 0 aliphatic carbocycles. The number of halogens is 1. The molecule has 4 amide bonds. The molecule has 8 heteroatoms. The van der Waals surface area contributed by atoms with Gasteiger partial charge in [0.05, 0.1) is 6.07 Å². The molecule has 1 fully saturated rings. The highest BCUT2D eigenvalue weighted by molar-refractivity contribution is 6.30. The molecular weight excluding hydrogens is 356 g/mol. The van der Waals surface area contributed by atoms with Crippen molar-refractivity contribution in [2.75, 3.05) is 6.54 Å². The molecule has 7 nitrogen and oxygen atoms in total. The SMILES string of the molecule is CC(C)C(C)(C#N)NC(=O)CN1C(=O)NC(C)(c2ccc(Cl)cc2)C1=O. The lowest BCUT2D eigenvalue weighted by molar-refractivity contribution is -0.135. The summed E-state index contributed by atoms with van der Waals surface area (Å²) in [5.41, 5.74) is -1.80. The second-order valence-electron chi connectivity index (χ2n) is 6.97. The number of nitriles is 1. The van der Waals surface area contributed by atoms with Crippen molar-refractivity contribution < 1.29 is 14.4 Å². The molecule has 0 radical (unpaired) electrons. The van der Waals surface area contributed by atoms with E-state index in [9.17, 15) is 19.6 Å². The van der Waals surface area contributed by atoms with E-state index in [1.54, 1.807) is 52.0 Å². The lowest BCUT2D eigenvalue weighted by atomic mass is 9.90. The van der Waals surface area contributed by atoms with Gasteiger partial charge in [0.25, 0.3) is 5.91 Å². The van der Waals surface area contributed by atoms with E-state index in [2.05, 4.69) is 16.7 Å². The molecule has 0 aromatic heterocycles. The number of urea groups is 1. The minimum Gasteiger partial charge on any atom is -0.336 e. The maximum absolute atomic E-state index is 12.8. The van der Waals surface area contributed by atoms with Crippen molar-refractivity contribution in [1.82, 2.24) is 15.5 Å². The van der Waals surface area contributed by atoms with Crippen molar-refractivity contribution in [2.45, 2.75) is 38.8 Å². The Hall–Kier alpha value is -2.59. The van der Waals surface area contributed by atoms with E-state index in [1.807, 2.05) is 0 Å². The van der Waals surface area contributed by atoms with Gasteiger partial charge in [-0.15, -0.1) is 0 Å². The third-order valence-electron chi connectivity index (χ3n) is 4.78. The highest BCUT2D eigenvalue weighted by atomic mass is 35.5. The van der Waals surface area contributed by atoms with Crippen molar-refractivity contribution in [2.24, 2.45) is 5.92 Å². The van der Waals surface area contributed by atoms with Crippen LogP contribution in [-0.4, -0.2) is 34.8 Å². The number of amides is 4. The molecule has 1 aliphatic rings. The zero-order valence-electron chi connectivity index (χ0n) is 15.1. The maximum atomic E-state index is 12.8. The molecule has 2 unspecified atom stereocenters. The zero-order chi connectivity index (χ0) is 19.7. The minimum atomic E-state index is -1.28. The average Bonchev–Trinajstić information content (AvgIpc) is 2.79. The van der Waals surface area contributed by atoms with Crippen molar-refractivity contribution in [3.8, 4) is 6.07 Å². The van der Waals surface area contributed by atoms with Crippen LogP contribution >= 0.6 is 11.6 Å². The second-order valence-corrected chi connectivity index (χ2v) is 7.41. The van der Waals surface area contributed by atoms with E-state index in [4.69, 9.17) is 11.6 Å². The summed E-state index contributed by atoms with van der Waals surface area (Å²) in [6.45, 7) is 6.31. The number of hydrogen-bond acceptors (Lipinski definition) is 4. The van der Waals surface area contributed by atoms with Crippen LogP contribution in [0.1, 0.15) is 33.3 Å². The van der Waals surface area contributed by atoms with Gasteiger partial charge < -0.3 is 10.6 Å². The number of carbonyl (C=O) groups is 3. The fourth-order valence-corrected chi connectivity index (χ4v) is 2.72. The maximum Gasteiger partial charge on any atom is 0.325 e. The Labute approximate surface area is 157 Å². The summed E-state index contributed by atoms with van der Waals surface area (Å²) in [7, 11) is 0. The number of hydrogen-bond donors (Lipinski definition) is 2. The summed E-state index contributed by atoms with van der Waals surface area (Å²) in [5, 5.41) is 15.0. The van der Waals surface area contributed by atoms with Gasteiger partial charge in [-0.05, 0) is 37.5 Å². The predicted octanol–water partition coefficient (Wildman–Crippen LogP) is 2.16. The second kappa shape index (κ2) is 6.96. The Balaban J connectivity index is 2.18. The molecule has 1 heterocycles. The fraction of sp³-hybridized carbons (Fsp3) is 0.444. The van der Waals surface area contributed by atoms with E-state index >= 15 is 0 Å². The number of carbonyl (C=O) groups excluding carboxylic acids is 3. The van der Waals surface area contributed by atoms with Crippen LogP contribution in [0.15, 0.2) is 24.3 Å². The summed E-state index contributed by atoms with van der Waals surface area (Å²) in [6.07, 6.45) is 0. The van der Waals surface area contributed by atoms with Gasteiger partial charge in [0, 0.05) is 5.02 Å². The van der Waals surface area contributed by atoms with E-state index in [0.717, 1.165) is 4.90 Å². The first-order valence-corrected chi connectivity index (χ1v) is 8.53. The van der Waals surface area contributed by atoms with E-state index in [1.165, 1.54) is 0 Å². The molecule has 2 N–H and O–H groups in total. The quantitative estimate of drug-likeness (QED) is 0.768. The summed E-state index contributed by atoms with van der Waals surface area (Å²) < 4.78 is 0. The summed E-state index contributed by atoms with van der Waals surface area (Å²) >= 11 is 5.87. The normalized spacial score (nSPS) is 22.0. The van der Waals surface area contributed by atoms with Gasteiger partial charge in [0.15, 0.2) is 0 Å². The Kier molecular flexibility index (Phi) is 5.28. The van der Waals surface area contributed by atoms with Crippen LogP contribution in [0.25, 0.3) is 0 Å². The standard InChI is InChI=1S/C18H21ClN4O3/c1-11(2)17(3,10-20)21-14(24)9-23-15(25)18(4,22-16(23)26)12-5-7-13(19)8-6-12/h5-8,11H,9H2,1-4H3,(H,21,24)(H,22,26). The molecule has 1 saturated heterocycles.